The SMILES string of the molecule is CCNC(=NCC1CCN(Cc2cccs2)CC1)NCCc1ncc(C)s1.I. The Hall–Kier alpha value is -0.710. The molecule has 0 radical (unpaired) electrons. The summed E-state index contributed by atoms with van der Waals surface area (Å²) in [6.45, 7) is 10.4. The fraction of sp³-hybridized carbons (Fsp3) is 0.600. The molecule has 2 aromatic heterocycles. The lowest BCUT2D eigenvalue weighted by molar-refractivity contribution is 0.182. The van der Waals surface area contributed by atoms with Gasteiger partial charge in [0, 0.05) is 48.6 Å². The molecule has 1 aliphatic rings. The van der Waals surface area contributed by atoms with Gasteiger partial charge in [0.05, 0.1) is 5.01 Å². The summed E-state index contributed by atoms with van der Waals surface area (Å²) < 4.78 is 0. The highest BCUT2D eigenvalue weighted by Gasteiger charge is 2.19. The fourth-order valence-electron chi connectivity index (χ4n) is 3.32. The Kier molecular flexibility index (Phi) is 10.7. The van der Waals surface area contributed by atoms with Crippen molar-refractivity contribution >= 4 is 52.6 Å². The van der Waals surface area contributed by atoms with E-state index in [0.717, 1.165) is 38.6 Å². The molecule has 1 fully saturated rings. The minimum Gasteiger partial charge on any atom is -0.357 e. The first-order chi connectivity index (χ1) is 13.2. The van der Waals surface area contributed by atoms with Gasteiger partial charge in [-0.2, -0.15) is 0 Å². The minimum absolute atomic E-state index is 0. The van der Waals surface area contributed by atoms with Crippen molar-refractivity contribution in [3.05, 3.63) is 38.5 Å². The third-order valence-corrected chi connectivity index (χ3v) is 6.65. The molecule has 0 spiro atoms. The summed E-state index contributed by atoms with van der Waals surface area (Å²) in [5, 5.41) is 10.2. The molecule has 0 amide bonds. The number of halogens is 1. The maximum atomic E-state index is 4.84. The molecule has 1 aliphatic heterocycles. The monoisotopic (exact) mass is 533 g/mol. The van der Waals surface area contributed by atoms with Crippen LogP contribution in [0.2, 0.25) is 0 Å². The molecule has 5 nitrogen and oxygen atoms in total. The van der Waals surface area contributed by atoms with Crippen molar-refractivity contribution in [3.8, 4) is 0 Å². The number of thiazole rings is 1. The predicted molar refractivity (Wildman–Crippen MR) is 132 cm³/mol. The first-order valence-electron chi connectivity index (χ1n) is 9.91. The lowest BCUT2D eigenvalue weighted by atomic mass is 9.97. The molecule has 0 atom stereocenters. The topological polar surface area (TPSA) is 52.6 Å². The molecule has 0 unspecified atom stereocenters. The summed E-state index contributed by atoms with van der Waals surface area (Å²) in [6.07, 6.45) is 5.38. The van der Waals surface area contributed by atoms with Crippen molar-refractivity contribution in [2.24, 2.45) is 10.9 Å². The Morgan fingerprint density at radius 3 is 2.79 bits per heavy atom. The predicted octanol–water partition coefficient (Wildman–Crippen LogP) is 4.14. The molecule has 156 valence electrons. The third kappa shape index (κ3) is 7.96. The van der Waals surface area contributed by atoms with Gasteiger partial charge in [0.25, 0.3) is 0 Å². The molecule has 0 aromatic carbocycles. The molecule has 0 aliphatic carbocycles. The van der Waals surface area contributed by atoms with Crippen LogP contribution in [-0.4, -0.2) is 48.6 Å². The van der Waals surface area contributed by atoms with Crippen LogP contribution in [0.3, 0.4) is 0 Å². The van der Waals surface area contributed by atoms with E-state index in [-0.39, 0.29) is 24.0 Å². The molecule has 0 bridgehead atoms. The highest BCUT2D eigenvalue weighted by atomic mass is 127. The van der Waals surface area contributed by atoms with E-state index in [1.165, 1.54) is 40.7 Å². The molecule has 2 aromatic rings. The highest BCUT2D eigenvalue weighted by molar-refractivity contribution is 14.0. The summed E-state index contributed by atoms with van der Waals surface area (Å²) in [5.41, 5.74) is 0. The Bertz CT molecular complexity index is 693. The van der Waals surface area contributed by atoms with E-state index < -0.39 is 0 Å². The van der Waals surface area contributed by atoms with Gasteiger partial charge in [-0.3, -0.25) is 9.89 Å². The first kappa shape index (κ1) is 23.6. The molecule has 3 rings (SSSR count). The van der Waals surface area contributed by atoms with E-state index >= 15 is 0 Å². The number of nitrogens with zero attached hydrogens (tertiary/aromatic N) is 3. The van der Waals surface area contributed by atoms with E-state index in [9.17, 15) is 0 Å². The second-order valence-corrected chi connectivity index (χ2v) is 9.41. The summed E-state index contributed by atoms with van der Waals surface area (Å²) >= 11 is 3.64. The van der Waals surface area contributed by atoms with Gasteiger partial charge in [-0.05, 0) is 57.1 Å². The molecule has 1 saturated heterocycles. The van der Waals surface area contributed by atoms with Gasteiger partial charge >= 0.3 is 0 Å². The number of thiophene rings is 1. The Balaban J connectivity index is 0.00000280. The molecule has 0 saturated carbocycles. The van der Waals surface area contributed by atoms with Crippen molar-refractivity contribution in [1.29, 1.82) is 0 Å². The number of rotatable bonds is 8. The lowest BCUT2D eigenvalue weighted by Gasteiger charge is -2.31. The van der Waals surface area contributed by atoms with Gasteiger partial charge in [-0.25, -0.2) is 4.98 Å². The van der Waals surface area contributed by atoms with Crippen LogP contribution < -0.4 is 10.6 Å². The normalized spacial score (nSPS) is 16.0. The van der Waals surface area contributed by atoms with Crippen molar-refractivity contribution in [2.75, 3.05) is 32.7 Å². The standard InChI is InChI=1S/C20H31N5S2.HI/c1-3-21-20(22-9-6-19-23-13-16(2)27-19)24-14-17-7-10-25(11-8-17)15-18-5-4-12-26-18;/h4-5,12-13,17H,3,6-11,14-15H2,1-2H3,(H2,21,22,24);1H. The van der Waals surface area contributed by atoms with Crippen LogP contribution in [0.15, 0.2) is 28.7 Å². The summed E-state index contributed by atoms with van der Waals surface area (Å²) in [7, 11) is 0. The zero-order valence-corrected chi connectivity index (χ0v) is 20.8. The van der Waals surface area contributed by atoms with Crippen LogP contribution in [0.5, 0.6) is 0 Å². The largest absolute Gasteiger partial charge is 0.357 e. The number of guanidine groups is 1. The van der Waals surface area contributed by atoms with Crippen LogP contribution in [0.1, 0.15) is 34.5 Å². The quantitative estimate of drug-likeness (QED) is 0.304. The lowest BCUT2D eigenvalue weighted by Crippen LogP contribution is -2.39. The van der Waals surface area contributed by atoms with Gasteiger partial charge < -0.3 is 10.6 Å². The number of aryl methyl sites for hydroxylation is 1. The second kappa shape index (κ2) is 12.8. The van der Waals surface area contributed by atoms with Gasteiger partial charge in [0.15, 0.2) is 5.96 Å². The second-order valence-electron chi connectivity index (χ2n) is 7.06. The summed E-state index contributed by atoms with van der Waals surface area (Å²) in [6, 6.07) is 4.38. The minimum atomic E-state index is 0. The van der Waals surface area contributed by atoms with E-state index in [4.69, 9.17) is 4.99 Å². The summed E-state index contributed by atoms with van der Waals surface area (Å²) in [4.78, 5) is 14.6. The zero-order valence-electron chi connectivity index (χ0n) is 16.8. The van der Waals surface area contributed by atoms with Crippen LogP contribution in [0, 0.1) is 12.8 Å². The number of hydrogen-bond acceptors (Lipinski definition) is 5. The van der Waals surface area contributed by atoms with E-state index in [0.29, 0.717) is 5.92 Å². The zero-order chi connectivity index (χ0) is 18.9. The maximum absolute atomic E-state index is 4.84. The Morgan fingerprint density at radius 1 is 1.32 bits per heavy atom. The Labute approximate surface area is 194 Å². The molecular weight excluding hydrogens is 501 g/mol. The van der Waals surface area contributed by atoms with E-state index in [2.05, 4.69) is 51.9 Å². The van der Waals surface area contributed by atoms with Crippen molar-refractivity contribution in [3.63, 3.8) is 0 Å². The van der Waals surface area contributed by atoms with Crippen molar-refractivity contribution in [1.82, 2.24) is 20.5 Å². The molecule has 3 heterocycles. The average molecular weight is 534 g/mol. The summed E-state index contributed by atoms with van der Waals surface area (Å²) in [5.74, 6) is 1.63. The molecule has 28 heavy (non-hydrogen) atoms. The van der Waals surface area contributed by atoms with Crippen molar-refractivity contribution in [2.45, 2.75) is 39.7 Å². The third-order valence-electron chi connectivity index (χ3n) is 4.82. The molecule has 8 heteroatoms. The van der Waals surface area contributed by atoms with Crippen molar-refractivity contribution < 1.29 is 0 Å². The van der Waals surface area contributed by atoms with Gasteiger partial charge in [-0.15, -0.1) is 46.7 Å². The maximum Gasteiger partial charge on any atom is 0.191 e. The number of hydrogen-bond donors (Lipinski definition) is 2. The average Bonchev–Trinajstić information content (AvgIpc) is 3.33. The van der Waals surface area contributed by atoms with Crippen LogP contribution in [-0.2, 0) is 13.0 Å². The van der Waals surface area contributed by atoms with Crippen LogP contribution in [0.25, 0.3) is 0 Å². The molecular formula is C20H32IN5S2. The number of aliphatic imine (C=N–C) groups is 1. The number of piperidine rings is 1. The van der Waals surface area contributed by atoms with Crippen LogP contribution >= 0.6 is 46.7 Å². The number of nitrogens with one attached hydrogen (secondary N) is 2. The van der Waals surface area contributed by atoms with Crippen LogP contribution in [0.4, 0.5) is 0 Å². The highest BCUT2D eigenvalue weighted by Crippen LogP contribution is 2.20. The van der Waals surface area contributed by atoms with Gasteiger partial charge in [-0.1, -0.05) is 6.07 Å². The van der Waals surface area contributed by atoms with Gasteiger partial charge in [0.2, 0.25) is 0 Å². The van der Waals surface area contributed by atoms with Gasteiger partial charge in [0.1, 0.15) is 0 Å². The number of likely N-dealkylation sites (tertiary alicyclic amines) is 1. The van der Waals surface area contributed by atoms with E-state index in [1.54, 1.807) is 11.3 Å². The fourth-order valence-corrected chi connectivity index (χ4v) is 4.85. The van der Waals surface area contributed by atoms with E-state index in [1.807, 2.05) is 17.5 Å². The Morgan fingerprint density at radius 2 is 2.14 bits per heavy atom. The smallest absolute Gasteiger partial charge is 0.191 e. The molecule has 2 N–H and O–H groups in total. The number of aromatic nitrogens is 1. The first-order valence-corrected chi connectivity index (χ1v) is 11.6.